The fourth-order valence-electron chi connectivity index (χ4n) is 2.30. The van der Waals surface area contributed by atoms with E-state index in [2.05, 4.69) is 16.4 Å². The number of carbonyl (C=O) groups is 1. The lowest BCUT2D eigenvalue weighted by atomic mass is 10.0. The minimum atomic E-state index is -0.386. The second-order valence-electron chi connectivity index (χ2n) is 5.53. The van der Waals surface area contributed by atoms with Gasteiger partial charge in [-0.2, -0.15) is 5.26 Å². The zero-order valence-corrected chi connectivity index (χ0v) is 15.5. The maximum absolute atomic E-state index is 12.0. The lowest BCUT2D eigenvalue weighted by Gasteiger charge is -2.09. The Balaban J connectivity index is 1.58. The highest BCUT2D eigenvalue weighted by molar-refractivity contribution is 6.36. The molecule has 1 aromatic heterocycles. The molecule has 1 N–H and O–H groups in total. The molecule has 3 aromatic rings. The highest BCUT2D eigenvalue weighted by atomic mass is 35.5. The average Bonchev–Trinajstić information content (AvgIpc) is 2.69. The summed E-state index contributed by atoms with van der Waals surface area (Å²) >= 11 is 11.7. The van der Waals surface area contributed by atoms with Gasteiger partial charge in [-0.05, 0) is 41.5 Å². The summed E-state index contributed by atoms with van der Waals surface area (Å²) in [5.74, 6) is 0.395. The van der Waals surface area contributed by atoms with E-state index in [1.165, 1.54) is 12.3 Å². The van der Waals surface area contributed by atoms with E-state index in [9.17, 15) is 4.79 Å². The van der Waals surface area contributed by atoms with Crippen molar-refractivity contribution in [2.24, 2.45) is 0 Å². The molecule has 0 aliphatic heterocycles. The molecule has 0 radical (unpaired) electrons. The van der Waals surface area contributed by atoms with Crippen LogP contribution in [0.15, 0.2) is 60.8 Å². The van der Waals surface area contributed by atoms with E-state index in [0.717, 1.165) is 11.1 Å². The minimum absolute atomic E-state index is 0.184. The summed E-state index contributed by atoms with van der Waals surface area (Å²) in [5, 5.41) is 12.0. The molecule has 134 valence electrons. The van der Waals surface area contributed by atoms with Gasteiger partial charge in [-0.15, -0.1) is 0 Å². The number of carbonyl (C=O) groups excluding carboxylic acids is 1. The van der Waals surface area contributed by atoms with Crippen molar-refractivity contribution < 1.29 is 9.53 Å². The third-order valence-electron chi connectivity index (χ3n) is 3.64. The van der Waals surface area contributed by atoms with E-state index in [0.29, 0.717) is 16.3 Å². The van der Waals surface area contributed by atoms with Gasteiger partial charge in [0.25, 0.3) is 5.91 Å². The molecule has 1 amide bonds. The quantitative estimate of drug-likeness (QED) is 0.660. The van der Waals surface area contributed by atoms with Crippen molar-refractivity contribution in [3.05, 3.63) is 76.4 Å². The summed E-state index contributed by atoms with van der Waals surface area (Å²) in [6.07, 6.45) is 1.39. The van der Waals surface area contributed by atoms with Crippen LogP contribution in [0.5, 0.6) is 5.75 Å². The fraction of sp³-hybridized carbons (Fsp3) is 0.0500. The van der Waals surface area contributed by atoms with Crippen LogP contribution in [0.2, 0.25) is 10.0 Å². The van der Waals surface area contributed by atoms with Crippen molar-refractivity contribution in [2.75, 3.05) is 11.9 Å². The molecular formula is C20H13Cl2N3O2. The molecule has 0 spiro atoms. The van der Waals surface area contributed by atoms with Crippen molar-refractivity contribution in [3.63, 3.8) is 0 Å². The average molecular weight is 398 g/mol. The van der Waals surface area contributed by atoms with Gasteiger partial charge in [0.2, 0.25) is 0 Å². The summed E-state index contributed by atoms with van der Waals surface area (Å²) in [6.45, 7) is -0.184. The van der Waals surface area contributed by atoms with Gasteiger partial charge in [-0.1, -0.05) is 47.5 Å². The number of benzene rings is 2. The summed E-state index contributed by atoms with van der Waals surface area (Å²) in [5.41, 5.74) is 2.58. The molecule has 27 heavy (non-hydrogen) atoms. The first-order valence-electron chi connectivity index (χ1n) is 7.89. The number of halogens is 2. The van der Waals surface area contributed by atoms with E-state index in [-0.39, 0.29) is 23.4 Å². The van der Waals surface area contributed by atoms with E-state index in [1.54, 1.807) is 24.3 Å². The van der Waals surface area contributed by atoms with Crippen molar-refractivity contribution in [1.29, 1.82) is 5.26 Å². The Morgan fingerprint density at radius 3 is 2.30 bits per heavy atom. The number of nitriles is 1. The van der Waals surface area contributed by atoms with Gasteiger partial charge < -0.3 is 10.1 Å². The monoisotopic (exact) mass is 397 g/mol. The number of pyridine rings is 1. The zero-order chi connectivity index (χ0) is 19.2. The molecule has 3 rings (SSSR count). The molecule has 0 aliphatic rings. The maximum Gasteiger partial charge on any atom is 0.263 e. The van der Waals surface area contributed by atoms with Gasteiger partial charge >= 0.3 is 0 Å². The van der Waals surface area contributed by atoms with Gasteiger partial charge in [0.15, 0.2) is 12.4 Å². The van der Waals surface area contributed by atoms with Crippen LogP contribution in [0, 0.1) is 11.3 Å². The standard InChI is InChI=1S/C20H13Cl2N3O2/c21-16-9-18(22)20(24-11-16)25-19(26)12-27-17-7-5-15(6-8-17)14-3-1-13(10-23)2-4-14/h1-9,11H,12H2,(H,24,25,26). The van der Waals surface area contributed by atoms with Gasteiger partial charge in [0.05, 0.1) is 21.7 Å². The minimum Gasteiger partial charge on any atom is -0.484 e. The van der Waals surface area contributed by atoms with Gasteiger partial charge in [-0.3, -0.25) is 4.79 Å². The Kier molecular flexibility index (Phi) is 5.92. The number of aromatic nitrogens is 1. The Labute approximate surface area is 166 Å². The van der Waals surface area contributed by atoms with E-state index in [4.69, 9.17) is 33.2 Å². The first kappa shape index (κ1) is 18.7. The Hall–Kier alpha value is -3.07. The van der Waals surface area contributed by atoms with Crippen LogP contribution in [-0.2, 0) is 4.79 Å². The Morgan fingerprint density at radius 2 is 1.70 bits per heavy atom. The largest absolute Gasteiger partial charge is 0.484 e. The molecule has 0 saturated carbocycles. The molecule has 0 unspecified atom stereocenters. The molecule has 0 bridgehead atoms. The van der Waals surface area contributed by atoms with E-state index < -0.39 is 0 Å². The summed E-state index contributed by atoms with van der Waals surface area (Å²) < 4.78 is 5.48. The fourth-order valence-corrected chi connectivity index (χ4v) is 2.73. The predicted molar refractivity (Wildman–Crippen MR) is 105 cm³/mol. The number of amides is 1. The Morgan fingerprint density at radius 1 is 1.07 bits per heavy atom. The van der Waals surface area contributed by atoms with E-state index in [1.807, 2.05) is 24.3 Å². The van der Waals surface area contributed by atoms with Crippen molar-refractivity contribution >= 4 is 34.9 Å². The first-order valence-corrected chi connectivity index (χ1v) is 8.65. The highest BCUT2D eigenvalue weighted by Gasteiger charge is 2.09. The SMILES string of the molecule is N#Cc1ccc(-c2ccc(OCC(=O)Nc3ncc(Cl)cc3Cl)cc2)cc1. The number of anilines is 1. The van der Waals surface area contributed by atoms with E-state index >= 15 is 0 Å². The number of nitrogens with one attached hydrogen (secondary N) is 1. The number of rotatable bonds is 5. The lowest BCUT2D eigenvalue weighted by Crippen LogP contribution is -2.21. The Bertz CT molecular complexity index is 997. The summed E-state index contributed by atoms with van der Waals surface area (Å²) in [7, 11) is 0. The van der Waals surface area contributed by atoms with Crippen LogP contribution in [0.3, 0.4) is 0 Å². The van der Waals surface area contributed by atoms with Gasteiger partial charge in [0.1, 0.15) is 5.75 Å². The predicted octanol–water partition coefficient (Wildman–Crippen LogP) is 4.94. The zero-order valence-electron chi connectivity index (χ0n) is 13.9. The van der Waals surface area contributed by atoms with Crippen LogP contribution in [0.25, 0.3) is 11.1 Å². The first-order chi connectivity index (χ1) is 13.0. The lowest BCUT2D eigenvalue weighted by molar-refractivity contribution is -0.118. The summed E-state index contributed by atoms with van der Waals surface area (Å²) in [6, 6.07) is 18.2. The van der Waals surface area contributed by atoms with Crippen LogP contribution in [-0.4, -0.2) is 17.5 Å². The number of nitrogens with zero attached hydrogens (tertiary/aromatic N) is 2. The summed E-state index contributed by atoms with van der Waals surface area (Å²) in [4.78, 5) is 15.9. The van der Waals surface area contributed by atoms with Crippen molar-refractivity contribution in [2.45, 2.75) is 0 Å². The molecule has 0 atom stereocenters. The molecule has 5 nitrogen and oxygen atoms in total. The third kappa shape index (κ3) is 4.98. The molecule has 2 aromatic carbocycles. The van der Waals surface area contributed by atoms with Gasteiger partial charge in [-0.25, -0.2) is 4.98 Å². The van der Waals surface area contributed by atoms with Crippen LogP contribution >= 0.6 is 23.2 Å². The topological polar surface area (TPSA) is 75.0 Å². The highest BCUT2D eigenvalue weighted by Crippen LogP contribution is 2.24. The normalized spacial score (nSPS) is 10.1. The van der Waals surface area contributed by atoms with Crippen molar-refractivity contribution in [3.8, 4) is 22.9 Å². The molecular weight excluding hydrogens is 385 g/mol. The van der Waals surface area contributed by atoms with Crippen LogP contribution < -0.4 is 10.1 Å². The van der Waals surface area contributed by atoms with Crippen LogP contribution in [0.4, 0.5) is 5.82 Å². The third-order valence-corrected chi connectivity index (χ3v) is 4.13. The second kappa shape index (κ2) is 8.54. The smallest absolute Gasteiger partial charge is 0.263 e. The maximum atomic E-state index is 12.0. The molecule has 7 heteroatoms. The number of ether oxygens (including phenoxy) is 1. The molecule has 0 fully saturated rings. The number of hydrogen-bond acceptors (Lipinski definition) is 4. The van der Waals surface area contributed by atoms with Crippen molar-refractivity contribution in [1.82, 2.24) is 4.98 Å². The van der Waals surface area contributed by atoms with Gasteiger partial charge in [0, 0.05) is 6.20 Å². The molecule has 1 heterocycles. The molecule has 0 saturated heterocycles. The van der Waals surface area contributed by atoms with Crippen LogP contribution in [0.1, 0.15) is 5.56 Å². The number of hydrogen-bond donors (Lipinski definition) is 1. The molecule has 0 aliphatic carbocycles. The second-order valence-corrected chi connectivity index (χ2v) is 6.38.